The van der Waals surface area contributed by atoms with E-state index >= 15 is 0 Å². The van der Waals surface area contributed by atoms with E-state index in [0.29, 0.717) is 0 Å². The molecule has 0 fully saturated rings. The van der Waals surface area contributed by atoms with Crippen LogP contribution in [-0.4, -0.2) is 0 Å². The number of benzene rings is 2. The van der Waals surface area contributed by atoms with Gasteiger partial charge in [0.15, 0.2) is 0 Å². The number of thiophene rings is 2. The van der Waals surface area contributed by atoms with Crippen molar-refractivity contribution in [2.75, 3.05) is 0 Å². The molecule has 20 heavy (non-hydrogen) atoms. The summed E-state index contributed by atoms with van der Waals surface area (Å²) in [7, 11) is 0. The summed E-state index contributed by atoms with van der Waals surface area (Å²) in [4.78, 5) is 0. The van der Waals surface area contributed by atoms with Gasteiger partial charge in [-0.15, -0.1) is 0 Å². The Kier molecular flexibility index (Phi) is 6.58. The van der Waals surface area contributed by atoms with Crippen molar-refractivity contribution in [3.8, 4) is 0 Å². The molecule has 2 heterocycles. The molecule has 0 spiro atoms. The maximum Gasteiger partial charge on any atom is -0.00934 e. The monoisotopic (exact) mass is 296 g/mol. The van der Waals surface area contributed by atoms with Gasteiger partial charge in [-0.1, -0.05) is 72.8 Å². The van der Waals surface area contributed by atoms with Crippen LogP contribution in [-0.2, 0) is 0 Å². The number of fused-ring (bicyclic) bond motifs is 1. The van der Waals surface area contributed by atoms with Gasteiger partial charge in [0.25, 0.3) is 0 Å². The first-order chi connectivity index (χ1) is 9.97. The van der Waals surface area contributed by atoms with E-state index < -0.39 is 0 Å². The number of hydrogen-bond donors (Lipinski definition) is 0. The molecule has 0 bridgehead atoms. The maximum atomic E-state index is 2.12. The molecule has 0 aliphatic carbocycles. The van der Waals surface area contributed by atoms with Crippen LogP contribution < -0.4 is 0 Å². The second-order valence-electron chi connectivity index (χ2n) is 3.93. The molecule has 4 rings (SSSR count). The summed E-state index contributed by atoms with van der Waals surface area (Å²) in [5.41, 5.74) is 0. The van der Waals surface area contributed by atoms with Gasteiger partial charge in [0.2, 0.25) is 0 Å². The lowest BCUT2D eigenvalue weighted by atomic mass is 10.1. The lowest BCUT2D eigenvalue weighted by Gasteiger charge is -1.92. The predicted molar refractivity (Wildman–Crippen MR) is 92.6 cm³/mol. The second kappa shape index (κ2) is 9.08. The Morgan fingerprint density at radius 1 is 0.400 bits per heavy atom. The molecule has 0 unspecified atom stereocenters. The summed E-state index contributed by atoms with van der Waals surface area (Å²) in [6.07, 6.45) is 0. The highest BCUT2D eigenvalue weighted by Crippen LogP contribution is 2.11. The number of hydrogen-bond acceptors (Lipinski definition) is 2. The zero-order chi connectivity index (χ0) is 13.9. The Labute approximate surface area is 128 Å². The van der Waals surface area contributed by atoms with Crippen molar-refractivity contribution < 1.29 is 0 Å². The van der Waals surface area contributed by atoms with E-state index in [-0.39, 0.29) is 0 Å². The molecule has 0 radical (unpaired) electrons. The van der Waals surface area contributed by atoms with E-state index in [1.165, 1.54) is 10.8 Å². The second-order valence-corrected chi connectivity index (χ2v) is 5.57. The fourth-order valence-electron chi connectivity index (χ4n) is 1.59. The quantitative estimate of drug-likeness (QED) is 0.355. The van der Waals surface area contributed by atoms with Gasteiger partial charge in [-0.2, -0.15) is 22.7 Å². The van der Waals surface area contributed by atoms with Crippen molar-refractivity contribution in [1.29, 1.82) is 0 Å². The molecule has 0 N–H and O–H groups in total. The molecule has 0 aliphatic rings. The largest absolute Gasteiger partial charge is 0.152 e. The summed E-state index contributed by atoms with van der Waals surface area (Å²) in [6.45, 7) is 0. The Bertz CT molecular complexity index is 541. The van der Waals surface area contributed by atoms with E-state index in [1.54, 1.807) is 22.7 Å². The molecule has 0 atom stereocenters. The standard InChI is InChI=1S/C10H8.2C4H4S/c1-2-6-10-8-4-3-7-9(10)5-1;2*1-2-4-5-3-1/h1-8H;2*1-4H. The molecular weight excluding hydrogens is 280 g/mol. The van der Waals surface area contributed by atoms with E-state index in [1.807, 2.05) is 45.8 Å². The Balaban J connectivity index is 0.000000124. The zero-order valence-corrected chi connectivity index (χ0v) is 12.7. The third-order valence-corrected chi connectivity index (χ3v) is 3.77. The molecule has 0 nitrogen and oxygen atoms in total. The average molecular weight is 296 g/mol. The van der Waals surface area contributed by atoms with Crippen LogP contribution in [0.2, 0.25) is 0 Å². The van der Waals surface area contributed by atoms with Crippen LogP contribution in [0.15, 0.2) is 94.3 Å². The van der Waals surface area contributed by atoms with Gasteiger partial charge in [0.1, 0.15) is 0 Å². The van der Waals surface area contributed by atoms with E-state index in [2.05, 4.69) is 48.5 Å². The molecular formula is C18H16S2. The average Bonchev–Trinajstić information content (AvgIpc) is 3.25. The smallest absolute Gasteiger partial charge is 0.00934 e. The molecule has 2 aromatic heterocycles. The lowest BCUT2D eigenvalue weighted by molar-refractivity contribution is 1.75. The molecule has 0 saturated heterocycles. The molecule has 0 aliphatic heterocycles. The molecule has 4 aromatic rings. The minimum Gasteiger partial charge on any atom is -0.152 e. The normalized spacial score (nSPS) is 9.00. The van der Waals surface area contributed by atoms with Crippen molar-refractivity contribution >= 4 is 33.4 Å². The van der Waals surface area contributed by atoms with E-state index in [4.69, 9.17) is 0 Å². The minimum atomic E-state index is 1.31. The highest BCUT2D eigenvalue weighted by molar-refractivity contribution is 7.08. The van der Waals surface area contributed by atoms with Crippen molar-refractivity contribution in [3.05, 3.63) is 94.3 Å². The highest BCUT2D eigenvalue weighted by atomic mass is 32.1. The topological polar surface area (TPSA) is 0 Å². The molecule has 100 valence electrons. The summed E-state index contributed by atoms with van der Waals surface area (Å²) in [5, 5.41) is 10.8. The van der Waals surface area contributed by atoms with Gasteiger partial charge < -0.3 is 0 Å². The van der Waals surface area contributed by atoms with Crippen molar-refractivity contribution in [3.63, 3.8) is 0 Å². The van der Waals surface area contributed by atoms with Crippen LogP contribution in [0.1, 0.15) is 0 Å². The first-order valence-corrected chi connectivity index (χ1v) is 8.23. The van der Waals surface area contributed by atoms with Crippen LogP contribution in [0.4, 0.5) is 0 Å². The van der Waals surface area contributed by atoms with Crippen molar-refractivity contribution in [2.45, 2.75) is 0 Å². The van der Waals surface area contributed by atoms with Gasteiger partial charge in [0.05, 0.1) is 0 Å². The summed E-state index contributed by atoms with van der Waals surface area (Å²) < 4.78 is 0. The number of rotatable bonds is 0. The van der Waals surface area contributed by atoms with Gasteiger partial charge in [-0.05, 0) is 32.3 Å². The summed E-state index contributed by atoms with van der Waals surface area (Å²) >= 11 is 3.43. The Hall–Kier alpha value is -1.90. The SMILES string of the molecule is c1ccc2ccccc2c1.c1ccsc1.c1ccsc1. The van der Waals surface area contributed by atoms with Crippen LogP contribution in [0.3, 0.4) is 0 Å². The molecule has 0 saturated carbocycles. The molecule has 2 heteroatoms. The predicted octanol–water partition coefficient (Wildman–Crippen LogP) is 6.34. The summed E-state index contributed by atoms with van der Waals surface area (Å²) in [6, 6.07) is 24.8. The van der Waals surface area contributed by atoms with Crippen LogP contribution in [0.5, 0.6) is 0 Å². The third-order valence-electron chi connectivity index (χ3n) is 2.51. The highest BCUT2D eigenvalue weighted by Gasteiger charge is 1.85. The minimum absolute atomic E-state index is 1.31. The maximum absolute atomic E-state index is 2.12. The summed E-state index contributed by atoms with van der Waals surface area (Å²) in [5.74, 6) is 0. The van der Waals surface area contributed by atoms with Crippen LogP contribution in [0, 0.1) is 0 Å². The first-order valence-electron chi connectivity index (χ1n) is 6.35. The Morgan fingerprint density at radius 2 is 0.700 bits per heavy atom. The van der Waals surface area contributed by atoms with Crippen molar-refractivity contribution in [2.24, 2.45) is 0 Å². The first kappa shape index (κ1) is 14.5. The van der Waals surface area contributed by atoms with Crippen molar-refractivity contribution in [1.82, 2.24) is 0 Å². The van der Waals surface area contributed by atoms with Crippen LogP contribution >= 0.6 is 22.7 Å². The van der Waals surface area contributed by atoms with Gasteiger partial charge in [-0.25, -0.2) is 0 Å². The zero-order valence-electron chi connectivity index (χ0n) is 11.1. The molecule has 0 amide bonds. The lowest BCUT2D eigenvalue weighted by Crippen LogP contribution is -1.67. The van der Waals surface area contributed by atoms with E-state index in [9.17, 15) is 0 Å². The van der Waals surface area contributed by atoms with Gasteiger partial charge >= 0.3 is 0 Å². The van der Waals surface area contributed by atoms with Gasteiger partial charge in [0, 0.05) is 0 Å². The third kappa shape index (κ3) is 5.39. The van der Waals surface area contributed by atoms with E-state index in [0.717, 1.165) is 0 Å². The Morgan fingerprint density at radius 3 is 0.900 bits per heavy atom. The molecule has 2 aromatic carbocycles. The van der Waals surface area contributed by atoms with Gasteiger partial charge in [-0.3, -0.25) is 0 Å². The fraction of sp³-hybridized carbons (Fsp3) is 0. The van der Waals surface area contributed by atoms with Crippen LogP contribution in [0.25, 0.3) is 10.8 Å². The fourth-order valence-corrected chi connectivity index (χ4v) is 2.49.